The molecule has 0 saturated heterocycles. The largest absolute Gasteiger partial charge is 0.399 e. The zero-order valence-corrected chi connectivity index (χ0v) is 11.8. The highest BCUT2D eigenvalue weighted by molar-refractivity contribution is 7.10. The fourth-order valence-electron chi connectivity index (χ4n) is 2.34. The van der Waals surface area contributed by atoms with Gasteiger partial charge in [-0.2, -0.15) is 0 Å². The second-order valence-corrected chi connectivity index (χ2v) is 6.06. The highest BCUT2D eigenvalue weighted by atomic mass is 35.5. The SMILES string of the molecule is Nc1cc(Cl)cc(C(=O)N2CCc3sccc3C2)c1. The van der Waals surface area contributed by atoms with Crippen LogP contribution in [0.15, 0.2) is 29.6 Å². The maximum Gasteiger partial charge on any atom is 0.254 e. The van der Waals surface area contributed by atoms with Gasteiger partial charge in [0.25, 0.3) is 5.91 Å². The van der Waals surface area contributed by atoms with E-state index in [2.05, 4.69) is 11.4 Å². The van der Waals surface area contributed by atoms with Crippen LogP contribution in [0.1, 0.15) is 20.8 Å². The van der Waals surface area contributed by atoms with Gasteiger partial charge in [-0.15, -0.1) is 11.3 Å². The molecule has 0 radical (unpaired) electrons. The van der Waals surface area contributed by atoms with Crippen molar-refractivity contribution in [2.75, 3.05) is 12.3 Å². The molecule has 0 spiro atoms. The number of nitrogens with zero attached hydrogens (tertiary/aromatic N) is 1. The van der Waals surface area contributed by atoms with Gasteiger partial charge in [0.05, 0.1) is 0 Å². The van der Waals surface area contributed by atoms with Crippen molar-refractivity contribution in [1.29, 1.82) is 0 Å². The summed E-state index contributed by atoms with van der Waals surface area (Å²) >= 11 is 7.71. The van der Waals surface area contributed by atoms with Crippen LogP contribution in [-0.2, 0) is 13.0 Å². The van der Waals surface area contributed by atoms with Gasteiger partial charge in [-0.1, -0.05) is 11.6 Å². The third kappa shape index (κ3) is 2.46. The molecule has 2 N–H and O–H groups in total. The Balaban J connectivity index is 1.85. The van der Waals surface area contributed by atoms with Crippen LogP contribution in [0.2, 0.25) is 5.02 Å². The van der Waals surface area contributed by atoms with Gasteiger partial charge < -0.3 is 10.6 Å². The van der Waals surface area contributed by atoms with Crippen molar-refractivity contribution in [2.24, 2.45) is 0 Å². The van der Waals surface area contributed by atoms with Crippen LogP contribution >= 0.6 is 22.9 Å². The Morgan fingerprint density at radius 1 is 1.37 bits per heavy atom. The summed E-state index contributed by atoms with van der Waals surface area (Å²) in [5.74, 6) is -0.00829. The third-order valence-electron chi connectivity index (χ3n) is 3.26. The number of carbonyl (C=O) groups excluding carboxylic acids is 1. The highest BCUT2D eigenvalue weighted by Gasteiger charge is 2.22. The molecule has 0 saturated carbocycles. The Labute approximate surface area is 120 Å². The topological polar surface area (TPSA) is 46.3 Å². The molecule has 3 rings (SSSR count). The number of carbonyl (C=O) groups is 1. The number of anilines is 1. The molecule has 0 fully saturated rings. The first kappa shape index (κ1) is 12.5. The average Bonchev–Trinajstić information content (AvgIpc) is 2.83. The molecule has 1 aromatic heterocycles. The molecule has 0 aliphatic carbocycles. The van der Waals surface area contributed by atoms with Gasteiger partial charge in [0, 0.05) is 34.2 Å². The minimum Gasteiger partial charge on any atom is -0.399 e. The maximum absolute atomic E-state index is 12.5. The van der Waals surface area contributed by atoms with E-state index in [1.54, 1.807) is 29.5 Å². The predicted octanol–water partition coefficient (Wildman–Crippen LogP) is 3.18. The van der Waals surface area contributed by atoms with E-state index < -0.39 is 0 Å². The third-order valence-corrected chi connectivity index (χ3v) is 4.50. The van der Waals surface area contributed by atoms with E-state index >= 15 is 0 Å². The summed E-state index contributed by atoms with van der Waals surface area (Å²) in [5.41, 5.74) is 8.06. The molecule has 0 unspecified atom stereocenters. The molecule has 3 nitrogen and oxygen atoms in total. The lowest BCUT2D eigenvalue weighted by atomic mass is 10.1. The van der Waals surface area contributed by atoms with E-state index in [-0.39, 0.29) is 5.91 Å². The monoisotopic (exact) mass is 292 g/mol. The number of hydrogen-bond acceptors (Lipinski definition) is 3. The molecular weight excluding hydrogens is 280 g/mol. The van der Waals surface area contributed by atoms with Gasteiger partial charge in [-0.25, -0.2) is 0 Å². The van der Waals surface area contributed by atoms with Crippen molar-refractivity contribution in [3.63, 3.8) is 0 Å². The maximum atomic E-state index is 12.5. The van der Waals surface area contributed by atoms with Gasteiger partial charge >= 0.3 is 0 Å². The number of amides is 1. The molecule has 19 heavy (non-hydrogen) atoms. The summed E-state index contributed by atoms with van der Waals surface area (Å²) in [4.78, 5) is 15.7. The van der Waals surface area contributed by atoms with E-state index in [4.69, 9.17) is 17.3 Å². The Kier molecular flexibility index (Phi) is 3.21. The normalized spacial score (nSPS) is 14.3. The number of nitrogen functional groups attached to an aromatic ring is 1. The van der Waals surface area contributed by atoms with Crippen molar-refractivity contribution in [3.05, 3.63) is 50.7 Å². The lowest BCUT2D eigenvalue weighted by Crippen LogP contribution is -2.35. The molecule has 1 aromatic carbocycles. The summed E-state index contributed by atoms with van der Waals surface area (Å²) in [6, 6.07) is 7.08. The second-order valence-electron chi connectivity index (χ2n) is 4.62. The Hall–Kier alpha value is -1.52. The standard InChI is InChI=1S/C14H13ClN2OS/c15-11-5-10(6-12(16)7-11)14(18)17-3-1-13-9(8-17)2-4-19-13/h2,4-7H,1,3,8,16H2. The molecule has 1 aliphatic rings. The molecule has 0 atom stereocenters. The van der Waals surface area contributed by atoms with Gasteiger partial charge in [-0.3, -0.25) is 4.79 Å². The van der Waals surface area contributed by atoms with Crippen LogP contribution in [0.25, 0.3) is 0 Å². The van der Waals surface area contributed by atoms with Crippen molar-refractivity contribution in [3.8, 4) is 0 Å². The van der Waals surface area contributed by atoms with Crippen LogP contribution < -0.4 is 5.73 Å². The molecule has 98 valence electrons. The van der Waals surface area contributed by atoms with Crippen LogP contribution in [0.4, 0.5) is 5.69 Å². The second kappa shape index (κ2) is 4.87. The zero-order chi connectivity index (χ0) is 13.4. The number of nitrogens with two attached hydrogens (primary N) is 1. The summed E-state index contributed by atoms with van der Waals surface area (Å²) < 4.78 is 0. The van der Waals surface area contributed by atoms with Crippen LogP contribution in [0, 0.1) is 0 Å². The molecule has 0 bridgehead atoms. The van der Waals surface area contributed by atoms with Crippen molar-refractivity contribution in [2.45, 2.75) is 13.0 Å². The average molecular weight is 293 g/mol. The molecule has 5 heteroatoms. The summed E-state index contributed by atoms with van der Waals surface area (Å²) in [7, 11) is 0. The number of rotatable bonds is 1. The molecule has 1 amide bonds. The van der Waals surface area contributed by atoms with Crippen LogP contribution in [0.3, 0.4) is 0 Å². The Bertz CT molecular complexity index is 618. The minimum absolute atomic E-state index is 0.00829. The number of halogens is 1. The summed E-state index contributed by atoms with van der Waals surface area (Å²) in [6.45, 7) is 1.42. The van der Waals surface area contributed by atoms with E-state index in [0.29, 0.717) is 22.8 Å². The quantitative estimate of drug-likeness (QED) is 0.821. The van der Waals surface area contributed by atoms with Crippen LogP contribution in [-0.4, -0.2) is 17.4 Å². The number of benzene rings is 1. The molecule has 1 aliphatic heterocycles. The van der Waals surface area contributed by atoms with E-state index in [0.717, 1.165) is 13.0 Å². The number of fused-ring (bicyclic) bond motifs is 1. The zero-order valence-electron chi connectivity index (χ0n) is 10.2. The number of hydrogen-bond donors (Lipinski definition) is 1. The lowest BCUT2D eigenvalue weighted by Gasteiger charge is -2.27. The van der Waals surface area contributed by atoms with Crippen LogP contribution in [0.5, 0.6) is 0 Å². The summed E-state index contributed by atoms with van der Waals surface area (Å²) in [5, 5.41) is 2.58. The fourth-order valence-corrected chi connectivity index (χ4v) is 3.47. The first-order valence-corrected chi connectivity index (χ1v) is 7.30. The molecule has 2 aromatic rings. The molecular formula is C14H13ClN2OS. The lowest BCUT2D eigenvalue weighted by molar-refractivity contribution is 0.0736. The Morgan fingerprint density at radius 3 is 3.00 bits per heavy atom. The van der Waals surface area contributed by atoms with Gasteiger partial charge in [0.1, 0.15) is 0 Å². The van der Waals surface area contributed by atoms with Gasteiger partial charge in [0.15, 0.2) is 0 Å². The first-order valence-electron chi connectivity index (χ1n) is 6.04. The summed E-state index contributed by atoms with van der Waals surface area (Å²) in [6.07, 6.45) is 0.925. The van der Waals surface area contributed by atoms with Crippen molar-refractivity contribution >= 4 is 34.5 Å². The first-order chi connectivity index (χ1) is 9.13. The van der Waals surface area contributed by atoms with Gasteiger partial charge in [0.2, 0.25) is 0 Å². The predicted molar refractivity (Wildman–Crippen MR) is 78.6 cm³/mol. The fraction of sp³-hybridized carbons (Fsp3) is 0.214. The minimum atomic E-state index is -0.00829. The van der Waals surface area contributed by atoms with E-state index in [1.807, 2.05) is 4.90 Å². The Morgan fingerprint density at radius 2 is 2.21 bits per heavy atom. The van der Waals surface area contributed by atoms with E-state index in [9.17, 15) is 4.79 Å². The smallest absolute Gasteiger partial charge is 0.254 e. The van der Waals surface area contributed by atoms with E-state index in [1.165, 1.54) is 10.4 Å². The molecule has 2 heterocycles. The number of thiophene rings is 1. The van der Waals surface area contributed by atoms with Gasteiger partial charge in [-0.05, 0) is 41.6 Å². The van der Waals surface area contributed by atoms with Crippen molar-refractivity contribution < 1.29 is 4.79 Å². The van der Waals surface area contributed by atoms with Crippen molar-refractivity contribution in [1.82, 2.24) is 4.90 Å². The highest BCUT2D eigenvalue weighted by Crippen LogP contribution is 2.26.